The summed E-state index contributed by atoms with van der Waals surface area (Å²) in [5, 5.41) is 15.1. The topological polar surface area (TPSA) is 117 Å². The number of aryl methyl sites for hydroxylation is 1. The molecule has 108 valence electrons. The van der Waals surface area contributed by atoms with E-state index in [0.29, 0.717) is 16.8 Å². The van der Waals surface area contributed by atoms with Crippen molar-refractivity contribution in [2.24, 2.45) is 0 Å². The fourth-order valence-corrected chi connectivity index (χ4v) is 2.42. The van der Waals surface area contributed by atoms with Crippen LogP contribution in [-0.4, -0.2) is 36.1 Å². The minimum Gasteiger partial charge on any atom is -0.335 e. The number of aromatic amines is 1. The number of rotatable bonds is 4. The number of aromatic nitrogens is 6. The van der Waals surface area contributed by atoms with Gasteiger partial charge in [0.15, 0.2) is 0 Å². The molecule has 0 aromatic carbocycles. The highest BCUT2D eigenvalue weighted by atomic mass is 32.2. The first-order chi connectivity index (χ1) is 10.1. The van der Waals surface area contributed by atoms with Crippen LogP contribution >= 0.6 is 11.8 Å². The Kier molecular flexibility index (Phi) is 3.44. The fraction of sp³-hybridized carbons (Fsp3) is 0.182. The highest BCUT2D eigenvalue weighted by molar-refractivity contribution is 7.99. The third-order valence-corrected chi connectivity index (χ3v) is 3.58. The van der Waals surface area contributed by atoms with Crippen LogP contribution in [0.2, 0.25) is 0 Å². The average Bonchev–Trinajstić information content (AvgIpc) is 3.00. The van der Waals surface area contributed by atoms with Gasteiger partial charge in [-0.1, -0.05) is 17.8 Å². The Hall–Kier alpha value is -2.62. The number of amides is 1. The highest BCUT2D eigenvalue weighted by Crippen LogP contribution is 2.15. The Morgan fingerprint density at radius 3 is 3.14 bits per heavy atom. The van der Waals surface area contributed by atoms with E-state index in [4.69, 9.17) is 5.84 Å². The molecular weight excluding hydrogens is 292 g/mol. The molecule has 0 unspecified atom stereocenters. The van der Waals surface area contributed by atoms with Crippen LogP contribution in [0.5, 0.6) is 0 Å². The van der Waals surface area contributed by atoms with Gasteiger partial charge in [-0.25, -0.2) is 19.8 Å². The van der Waals surface area contributed by atoms with Gasteiger partial charge in [0, 0.05) is 6.07 Å². The molecule has 0 aliphatic heterocycles. The van der Waals surface area contributed by atoms with E-state index in [9.17, 15) is 4.79 Å². The summed E-state index contributed by atoms with van der Waals surface area (Å²) >= 11 is 1.23. The lowest BCUT2D eigenvalue weighted by Crippen LogP contribution is -2.22. The summed E-state index contributed by atoms with van der Waals surface area (Å²) in [7, 11) is 0. The molecule has 9 nitrogen and oxygen atoms in total. The van der Waals surface area contributed by atoms with E-state index < -0.39 is 0 Å². The highest BCUT2D eigenvalue weighted by Gasteiger charge is 2.15. The maximum Gasteiger partial charge on any atom is 0.317 e. The van der Waals surface area contributed by atoms with Crippen LogP contribution in [0.4, 0.5) is 5.82 Å². The summed E-state index contributed by atoms with van der Waals surface area (Å²) in [6.45, 7) is 1.92. The van der Waals surface area contributed by atoms with E-state index in [1.54, 1.807) is 6.07 Å². The zero-order valence-electron chi connectivity index (χ0n) is 11.1. The molecule has 0 spiro atoms. The van der Waals surface area contributed by atoms with Crippen LogP contribution in [0.15, 0.2) is 29.7 Å². The first-order valence-corrected chi connectivity index (χ1v) is 7.07. The van der Waals surface area contributed by atoms with E-state index in [1.807, 2.05) is 19.1 Å². The van der Waals surface area contributed by atoms with Crippen LogP contribution in [0.1, 0.15) is 5.69 Å². The Morgan fingerprint density at radius 2 is 2.33 bits per heavy atom. The van der Waals surface area contributed by atoms with Crippen LogP contribution in [-0.2, 0) is 4.79 Å². The van der Waals surface area contributed by atoms with E-state index in [0.717, 1.165) is 5.69 Å². The summed E-state index contributed by atoms with van der Waals surface area (Å²) in [4.78, 5) is 15.0. The average molecular weight is 305 g/mol. The molecule has 0 bridgehead atoms. The lowest BCUT2D eigenvalue weighted by atomic mass is 10.4. The first-order valence-electron chi connectivity index (χ1n) is 6.09. The molecule has 10 heteroatoms. The van der Waals surface area contributed by atoms with Crippen molar-refractivity contribution in [3.05, 3.63) is 30.2 Å². The smallest absolute Gasteiger partial charge is 0.317 e. The largest absolute Gasteiger partial charge is 0.335 e. The summed E-state index contributed by atoms with van der Waals surface area (Å²) in [5.41, 5.74) is 0.966. The normalized spacial score (nSPS) is 10.9. The zero-order valence-corrected chi connectivity index (χ0v) is 12.0. The Balaban J connectivity index is 1.63. The van der Waals surface area contributed by atoms with Crippen molar-refractivity contribution >= 4 is 29.3 Å². The molecule has 1 amide bonds. The van der Waals surface area contributed by atoms with Crippen molar-refractivity contribution in [1.82, 2.24) is 24.5 Å². The molecule has 0 aliphatic carbocycles. The maximum absolute atomic E-state index is 11.9. The number of carbonyl (C=O) groups is 1. The molecule has 3 aromatic rings. The third-order valence-electron chi connectivity index (χ3n) is 2.67. The Labute approximate surface area is 123 Å². The van der Waals surface area contributed by atoms with Crippen molar-refractivity contribution in [2.45, 2.75) is 12.1 Å². The lowest BCUT2D eigenvalue weighted by molar-refractivity contribution is -0.370. The molecule has 0 fully saturated rings. The van der Waals surface area contributed by atoms with Crippen molar-refractivity contribution in [3.8, 4) is 0 Å². The van der Waals surface area contributed by atoms with E-state index >= 15 is 0 Å². The number of hydrogen-bond acceptors (Lipinski definition) is 6. The van der Waals surface area contributed by atoms with Gasteiger partial charge in [0.2, 0.25) is 5.16 Å². The second kappa shape index (κ2) is 5.40. The van der Waals surface area contributed by atoms with Gasteiger partial charge in [-0.15, -0.1) is 10.2 Å². The van der Waals surface area contributed by atoms with Crippen molar-refractivity contribution in [3.63, 3.8) is 0 Å². The van der Waals surface area contributed by atoms with Crippen molar-refractivity contribution < 1.29 is 9.78 Å². The molecule has 4 N–H and O–H groups in total. The fourth-order valence-electron chi connectivity index (χ4n) is 1.74. The number of carbonyl (C=O) groups excluding carboxylic acids is 1. The van der Waals surface area contributed by atoms with Crippen LogP contribution in [0.3, 0.4) is 0 Å². The molecule has 0 atom stereocenters. The van der Waals surface area contributed by atoms with Gasteiger partial charge in [-0.2, -0.15) is 9.61 Å². The SMILES string of the molecule is Cc1cccc(NC(=O)CSc2nnc3n(N)cnn23)[nH+]1. The minimum atomic E-state index is -0.147. The predicted octanol–water partition coefficient (Wildman–Crippen LogP) is -0.507. The lowest BCUT2D eigenvalue weighted by Gasteiger charge is -1.97. The van der Waals surface area contributed by atoms with Gasteiger partial charge in [-0.3, -0.25) is 0 Å². The number of nitrogens with zero attached hydrogens (tertiary/aromatic N) is 5. The summed E-state index contributed by atoms with van der Waals surface area (Å²) in [5.74, 6) is 6.72. The quantitative estimate of drug-likeness (QED) is 0.495. The Morgan fingerprint density at radius 1 is 1.48 bits per heavy atom. The van der Waals surface area contributed by atoms with Crippen molar-refractivity contribution in [1.29, 1.82) is 0 Å². The van der Waals surface area contributed by atoms with Gasteiger partial charge < -0.3 is 5.84 Å². The maximum atomic E-state index is 11.9. The first kappa shape index (κ1) is 13.4. The number of anilines is 1. The molecule has 3 rings (SSSR count). The molecule has 0 aliphatic rings. The second-order valence-corrected chi connectivity index (χ2v) is 5.26. The monoisotopic (exact) mass is 305 g/mol. The van der Waals surface area contributed by atoms with Gasteiger partial charge in [-0.05, 0) is 13.0 Å². The van der Waals surface area contributed by atoms with Gasteiger partial charge in [0.05, 0.1) is 5.69 Å². The third kappa shape index (κ3) is 2.79. The number of pyridine rings is 1. The van der Waals surface area contributed by atoms with Crippen molar-refractivity contribution in [2.75, 3.05) is 16.9 Å². The summed E-state index contributed by atoms with van der Waals surface area (Å²) in [6, 6.07) is 5.58. The molecule has 0 saturated heterocycles. The molecule has 3 heterocycles. The van der Waals surface area contributed by atoms with Crippen LogP contribution < -0.4 is 16.1 Å². The van der Waals surface area contributed by atoms with Crippen LogP contribution in [0.25, 0.3) is 5.78 Å². The number of nitrogens with two attached hydrogens (primary N) is 1. The predicted molar refractivity (Wildman–Crippen MR) is 76.0 cm³/mol. The van der Waals surface area contributed by atoms with Crippen LogP contribution in [0, 0.1) is 6.92 Å². The van der Waals surface area contributed by atoms with E-state index in [-0.39, 0.29) is 11.7 Å². The number of nitrogens with one attached hydrogen (secondary N) is 2. The van der Waals surface area contributed by atoms with Gasteiger partial charge in [0.1, 0.15) is 12.1 Å². The number of H-pyrrole nitrogens is 1. The number of fused-ring (bicyclic) bond motifs is 1. The number of hydrogen-bond donors (Lipinski definition) is 2. The van der Waals surface area contributed by atoms with E-state index in [1.165, 1.54) is 27.3 Å². The molecule has 21 heavy (non-hydrogen) atoms. The molecule has 0 radical (unpaired) electrons. The second-order valence-electron chi connectivity index (χ2n) is 4.32. The standard InChI is InChI=1S/C11H12N8OS/c1-7-3-2-4-8(14-7)15-9(20)5-21-11-17-16-10-18(12)6-13-19(10)11/h2-4,6H,5,12H2,1H3,(H,14,15,20)/p+1. The Bertz CT molecular complexity index is 794. The number of thioether (sulfide) groups is 1. The minimum absolute atomic E-state index is 0.147. The molecule has 3 aromatic heterocycles. The number of nitrogen functional groups attached to an aromatic ring is 1. The van der Waals surface area contributed by atoms with Gasteiger partial charge in [0.25, 0.3) is 11.6 Å². The summed E-state index contributed by atoms with van der Waals surface area (Å²) in [6.07, 6.45) is 1.43. The van der Waals surface area contributed by atoms with Gasteiger partial charge >= 0.3 is 5.91 Å². The summed E-state index contributed by atoms with van der Waals surface area (Å²) < 4.78 is 2.75. The van der Waals surface area contributed by atoms with E-state index in [2.05, 4.69) is 25.6 Å². The molecular formula is C11H13N8OS+. The zero-order chi connectivity index (χ0) is 14.8. The molecule has 0 saturated carbocycles.